The number of aryl methyl sites for hydroxylation is 1. The number of aromatic nitrogens is 10. The molecule has 7 aliphatic heterocycles. The second-order valence-corrected chi connectivity index (χ2v) is 43.9. The first-order valence-corrected chi connectivity index (χ1v) is 51.6. The molecule has 0 bridgehead atoms. The predicted molar refractivity (Wildman–Crippen MR) is 580 cm³/mol. The fourth-order valence-corrected chi connectivity index (χ4v) is 21.2. The van der Waals surface area contributed by atoms with E-state index in [1.54, 1.807) is 174 Å². The molecule has 149 heavy (non-hydrogen) atoms. The lowest BCUT2D eigenvalue weighted by molar-refractivity contribution is -0.126. The fraction of sp³-hybridized carbons (Fsp3) is 0.528. The van der Waals surface area contributed by atoms with Gasteiger partial charge >= 0.3 is 6.09 Å². The van der Waals surface area contributed by atoms with Crippen LogP contribution in [0.3, 0.4) is 0 Å². The van der Waals surface area contributed by atoms with Crippen LogP contribution in [0.25, 0.3) is 5.69 Å². The lowest BCUT2D eigenvalue weighted by atomic mass is 9.90. The van der Waals surface area contributed by atoms with Gasteiger partial charge in [-0.2, -0.15) is 19.9 Å². The number of likely N-dealkylation sites (tertiary alicyclic amines) is 3. The maximum Gasteiger partial charge on any atom is 0.410 e. The third-order valence-electron chi connectivity index (χ3n) is 29.3. The molecule has 5 fully saturated rings. The van der Waals surface area contributed by atoms with Gasteiger partial charge < -0.3 is 110 Å². The Bertz CT molecular complexity index is 6450. The topological polar surface area (TPSA) is 434 Å². The highest BCUT2D eigenvalue weighted by Gasteiger charge is 2.48. The highest BCUT2D eigenvalue weighted by molar-refractivity contribution is 6.05. The molecule has 0 unspecified atom stereocenters. The minimum Gasteiger partial charge on any atom is -0.495 e. The monoisotopic (exact) mass is 2050 g/mol. The number of methoxy groups -OCH3 is 3. The molecule has 4 aromatic carbocycles. The minimum absolute atomic E-state index is 0.0395. The Morgan fingerprint density at radius 1 is 0.403 bits per heavy atom. The number of H-pyrrole nitrogens is 1. The van der Waals surface area contributed by atoms with E-state index in [2.05, 4.69) is 106 Å². The highest BCUT2D eigenvalue weighted by atomic mass is 16.6. The van der Waals surface area contributed by atoms with Gasteiger partial charge in [-0.15, -0.1) is 0 Å². The average molecular weight is 2050 g/mol. The molecular formula is C108H148N28O13. The van der Waals surface area contributed by atoms with Crippen LogP contribution in [0.4, 0.5) is 97.4 Å². The van der Waals surface area contributed by atoms with Crippen molar-refractivity contribution in [2.75, 3.05) is 204 Å². The van der Waals surface area contributed by atoms with Gasteiger partial charge in [-0.25, -0.2) is 29.4 Å². The number of hydrogen-bond acceptors (Lipinski definition) is 31. The molecule has 2 aliphatic carbocycles. The van der Waals surface area contributed by atoms with Crippen molar-refractivity contribution in [3.05, 3.63) is 142 Å². The van der Waals surface area contributed by atoms with Crippen LogP contribution in [0.1, 0.15) is 203 Å². The quantitative estimate of drug-likeness (QED) is 0.0351. The highest BCUT2D eigenvalue weighted by Crippen LogP contribution is 2.47. The number of aromatic amines is 1. The van der Waals surface area contributed by atoms with E-state index in [1.165, 1.54) is 30.4 Å². The number of hydrogen-bond donors (Lipinski definition) is 8. The average Bonchev–Trinajstić information content (AvgIpc) is 1.64. The molecule has 41 nitrogen and oxygen atoms in total. The molecule has 1 atom stereocenters. The van der Waals surface area contributed by atoms with Gasteiger partial charge in [-0.05, 0) is 260 Å². The maximum absolute atomic E-state index is 13.3. The lowest BCUT2D eigenvalue weighted by Crippen LogP contribution is -2.51. The number of carbonyl (C=O) groups excluding carboxylic acids is 8. The number of ether oxygens (including phenoxy) is 4. The molecule has 8 amide bonds. The second-order valence-electron chi connectivity index (χ2n) is 43.9. The summed E-state index contributed by atoms with van der Waals surface area (Å²) in [6.45, 7) is 30.7. The van der Waals surface area contributed by atoms with Gasteiger partial charge in [0.25, 0.3) is 23.3 Å². The molecule has 0 radical (unpaired) electrons. The molecule has 41 heteroatoms. The van der Waals surface area contributed by atoms with Gasteiger partial charge in [0.15, 0.2) is 23.3 Å². The van der Waals surface area contributed by atoms with E-state index >= 15 is 0 Å². The molecule has 5 aromatic heterocycles. The molecule has 8 N–H and O–H groups in total. The van der Waals surface area contributed by atoms with Crippen LogP contribution < -0.4 is 96.2 Å². The molecule has 12 heterocycles. The number of likely N-dealkylation sites (N-methyl/N-ethyl adjacent to an activating group) is 1. The van der Waals surface area contributed by atoms with E-state index in [0.717, 1.165) is 124 Å². The summed E-state index contributed by atoms with van der Waals surface area (Å²) in [6.07, 6.45) is 21.1. The Kier molecular flexibility index (Phi) is 33.0. The summed E-state index contributed by atoms with van der Waals surface area (Å²) in [5, 5.41) is 24.4. The van der Waals surface area contributed by atoms with Crippen LogP contribution in [-0.2, 0) is 23.9 Å². The third-order valence-corrected chi connectivity index (χ3v) is 29.3. The van der Waals surface area contributed by atoms with E-state index in [-0.39, 0.29) is 71.1 Å². The number of carbonyl (C=O) groups is 8. The molecule has 2 saturated carbocycles. The van der Waals surface area contributed by atoms with Crippen molar-refractivity contribution in [1.82, 2.24) is 80.3 Å². The summed E-state index contributed by atoms with van der Waals surface area (Å²) in [5.74, 6) is 5.77. The molecule has 3 saturated heterocycles. The number of piperidine rings is 3. The predicted octanol–water partition coefficient (Wildman–Crippen LogP) is 13.9. The smallest absolute Gasteiger partial charge is 0.410 e. The van der Waals surface area contributed by atoms with Crippen molar-refractivity contribution in [3.8, 4) is 22.9 Å². The lowest BCUT2D eigenvalue weighted by Gasteiger charge is -2.40. The zero-order valence-corrected chi connectivity index (χ0v) is 90.5. The first-order chi connectivity index (χ1) is 70.8. The van der Waals surface area contributed by atoms with Crippen molar-refractivity contribution < 1.29 is 57.3 Å². The van der Waals surface area contributed by atoms with Gasteiger partial charge in [0.05, 0.1) is 90.5 Å². The Hall–Kier alpha value is -14.5. The second kappa shape index (κ2) is 45.3. The third kappa shape index (κ3) is 24.7. The molecule has 798 valence electrons. The number of nitrogens with one attached hydrogen (secondary N) is 8. The normalized spacial score (nSPS) is 19.1. The fourth-order valence-electron chi connectivity index (χ4n) is 21.2. The Morgan fingerprint density at radius 3 is 1.08 bits per heavy atom. The molecule has 18 rings (SSSR count). The molecule has 9 aromatic rings. The summed E-state index contributed by atoms with van der Waals surface area (Å²) < 4.78 is 23.6. The summed E-state index contributed by atoms with van der Waals surface area (Å²) in [7, 11) is 19.3. The van der Waals surface area contributed by atoms with Crippen LogP contribution in [0.15, 0.2) is 115 Å². The van der Waals surface area contributed by atoms with E-state index in [4.69, 9.17) is 38.9 Å². The Balaban J connectivity index is 0.000000150. The summed E-state index contributed by atoms with van der Waals surface area (Å²) in [4.78, 5) is 175. The summed E-state index contributed by atoms with van der Waals surface area (Å²) in [5.41, 5.74) is 5.69. The van der Waals surface area contributed by atoms with E-state index in [1.807, 2.05) is 107 Å². The van der Waals surface area contributed by atoms with Gasteiger partial charge in [0.1, 0.15) is 45.6 Å². The van der Waals surface area contributed by atoms with Crippen molar-refractivity contribution in [1.29, 1.82) is 0 Å². The van der Waals surface area contributed by atoms with Crippen LogP contribution in [0, 0.1) is 28.6 Å². The van der Waals surface area contributed by atoms with Crippen LogP contribution >= 0.6 is 0 Å². The minimum atomic E-state index is -0.571. The zero-order chi connectivity index (χ0) is 107. The number of nitrogens with zero attached hydrogens (tertiary/aromatic N) is 20. The van der Waals surface area contributed by atoms with Crippen molar-refractivity contribution >= 4 is 140 Å². The number of rotatable bonds is 20. The van der Waals surface area contributed by atoms with Crippen LogP contribution in [0.2, 0.25) is 0 Å². The molecule has 9 aliphatic rings. The summed E-state index contributed by atoms with van der Waals surface area (Å²) in [6, 6.07) is 25.8. The van der Waals surface area contributed by atoms with Crippen LogP contribution in [-0.4, -0.2) is 291 Å². The Morgan fingerprint density at radius 2 is 0.745 bits per heavy atom. The van der Waals surface area contributed by atoms with E-state index in [0.29, 0.717) is 156 Å². The van der Waals surface area contributed by atoms with E-state index < -0.39 is 27.3 Å². The first-order valence-electron chi connectivity index (χ1n) is 51.6. The van der Waals surface area contributed by atoms with Gasteiger partial charge in [-0.3, -0.25) is 43.5 Å². The number of amides is 8. The SMILES string of the molecule is CNC(=O)c1ccc(Nc2ncc3c(n2)N(C2CCN(C)CC2)CC(C)(C)C(=O)N3C)c(OC)c1.CNC(=O)c1ccc(Nc2ncc3c(n2)N([C@@H]2CCCN(C)C2)CC(C)(C)C(=O)N3C)c(OC)c1.COc1cc(C(=O)NC2CCN(C(=O)OC(C)(C)C)CC2)ccc1Nc1ncc2c(n1)N(C1CCCC1)CC(C)(C)C(=O)N2C.Cc1cc(=O)n(-c2ccc(Nc3ncc4c(n3)N(C3CCCC3)CC(C)(C)C(=O)N4C)cc2)[nH]1. The first kappa shape index (κ1) is 109. The standard InChI is InChI=1S/C33H47N7O5.2C25H35N7O3.C25H31N7O2/c1-32(2,3)45-31(43)39-16-14-22(15-17-39)35-28(41)21-12-13-24(26(18-21)44-7)36-30-34-19-25-27(37-30)40(23-10-8-9-11-23)20-33(4,5)29(42)38(25)6;1-25(2)15-32(17-9-11-30(4)12-10-17)21-19(31(5)23(25)34)14-27-24(29-21)28-18-8-7-16(22(33)26-3)13-20(18)35-6;1-25(2)15-32(17-8-7-11-30(4)14-17)21-19(31(5)23(25)34)13-27-24(29-21)28-18-10-9-16(22(33)26-3)12-20(18)35-6;1-16-13-21(33)32(29-16)19-11-9-17(10-12-19)27-24-26-14-20-22(28-24)31(18-7-5-6-8-18)15-25(2,3)23(34)30(20)4/h12-13,18-19,22-23H,8-11,14-17,20H2,1-7H3,(H,35,41)(H,34,36,37);7-8,13-14,17H,9-12,15H2,1-6H3,(H,26,33)(H,27,28,29);9-10,12-13,17H,7-8,11,14-15H2,1-6H3,(H,26,33)(H,27,28,29);9-14,18,29H,5-8,15H2,1-4H3,(H,26,27,28)/t;;17-;/m..1./s1. The number of fused-ring (bicyclic) bond motifs is 4. The van der Waals surface area contributed by atoms with Gasteiger partial charge in [0.2, 0.25) is 47.4 Å². The van der Waals surface area contributed by atoms with Gasteiger partial charge in [0, 0.05) is 152 Å². The number of benzene rings is 4. The Labute approximate surface area is 872 Å². The van der Waals surface area contributed by atoms with Crippen molar-refractivity contribution in [3.63, 3.8) is 0 Å². The molecular weight excluding hydrogens is 1900 g/mol. The zero-order valence-electron chi connectivity index (χ0n) is 90.5. The number of anilines is 16. The largest absolute Gasteiger partial charge is 0.495 e. The van der Waals surface area contributed by atoms with Crippen molar-refractivity contribution in [2.24, 2.45) is 21.7 Å². The molecule has 0 spiro atoms. The summed E-state index contributed by atoms with van der Waals surface area (Å²) >= 11 is 0. The maximum atomic E-state index is 13.3. The van der Waals surface area contributed by atoms with E-state index in [9.17, 15) is 43.2 Å². The van der Waals surface area contributed by atoms with Crippen LogP contribution in [0.5, 0.6) is 17.2 Å². The van der Waals surface area contributed by atoms with Gasteiger partial charge in [-0.1, -0.05) is 25.7 Å². The van der Waals surface area contributed by atoms with Crippen molar-refractivity contribution in [2.45, 2.75) is 209 Å².